The molecule has 0 saturated carbocycles. The molecule has 0 aromatic heterocycles. The predicted octanol–water partition coefficient (Wildman–Crippen LogP) is 3.71. The van der Waals surface area contributed by atoms with Crippen LogP contribution in [-0.2, 0) is 4.74 Å². The van der Waals surface area contributed by atoms with E-state index in [4.69, 9.17) is 4.74 Å². The molecule has 0 aromatic carbocycles. The summed E-state index contributed by atoms with van der Waals surface area (Å²) in [6, 6.07) is 0.507. The summed E-state index contributed by atoms with van der Waals surface area (Å²) in [6.45, 7) is 14.2. The van der Waals surface area contributed by atoms with E-state index in [1.807, 2.05) is 20.8 Å². The summed E-state index contributed by atoms with van der Waals surface area (Å²) in [4.78, 5) is 11.9. The first-order chi connectivity index (χ1) is 9.57. The molecule has 0 aromatic rings. The van der Waals surface area contributed by atoms with Crippen LogP contribution in [0.3, 0.4) is 0 Å². The van der Waals surface area contributed by atoms with Crippen LogP contribution in [-0.4, -0.2) is 30.8 Å². The van der Waals surface area contributed by atoms with Gasteiger partial charge in [-0.3, -0.25) is 0 Å². The largest absolute Gasteiger partial charge is 0.444 e. The molecule has 2 atom stereocenters. The van der Waals surface area contributed by atoms with Gasteiger partial charge in [0.15, 0.2) is 0 Å². The lowest BCUT2D eigenvalue weighted by molar-refractivity contribution is 0.0507. The molecular weight excluding hydrogens is 264 g/mol. The Morgan fingerprint density at radius 2 is 1.90 bits per heavy atom. The number of amides is 1. The molecule has 1 amide bonds. The minimum Gasteiger partial charge on any atom is -0.444 e. The highest BCUT2D eigenvalue weighted by Crippen LogP contribution is 2.28. The van der Waals surface area contributed by atoms with Crippen LogP contribution in [0.1, 0.15) is 67.2 Å². The highest BCUT2D eigenvalue weighted by Gasteiger charge is 2.28. The first kappa shape index (κ1) is 18.3. The number of piperidine rings is 1. The molecule has 124 valence electrons. The number of hydrogen-bond donors (Lipinski definition) is 2. The average Bonchev–Trinajstić information content (AvgIpc) is 2.32. The number of alkyl carbamates (subject to hydrolysis) is 1. The van der Waals surface area contributed by atoms with Gasteiger partial charge in [0.25, 0.3) is 0 Å². The predicted molar refractivity (Wildman–Crippen MR) is 87.4 cm³/mol. The van der Waals surface area contributed by atoms with Crippen molar-refractivity contribution >= 4 is 6.09 Å². The van der Waals surface area contributed by atoms with Gasteiger partial charge in [-0.1, -0.05) is 27.2 Å². The Bertz CT molecular complexity index is 323. The Morgan fingerprint density at radius 3 is 2.38 bits per heavy atom. The van der Waals surface area contributed by atoms with E-state index in [0.717, 1.165) is 13.0 Å². The molecule has 1 aliphatic heterocycles. The third kappa shape index (κ3) is 8.30. The third-order valence-electron chi connectivity index (χ3n) is 3.70. The van der Waals surface area contributed by atoms with E-state index in [2.05, 4.69) is 31.4 Å². The minimum atomic E-state index is -0.438. The van der Waals surface area contributed by atoms with Crippen LogP contribution in [0.25, 0.3) is 0 Å². The Hall–Kier alpha value is -0.770. The molecule has 0 bridgehead atoms. The number of ether oxygens (including phenoxy) is 1. The number of rotatable bonds is 4. The molecule has 0 aliphatic carbocycles. The fraction of sp³-hybridized carbons (Fsp3) is 0.941. The number of carbonyl (C=O) groups is 1. The summed E-state index contributed by atoms with van der Waals surface area (Å²) >= 11 is 0. The molecule has 1 heterocycles. The summed E-state index contributed by atoms with van der Waals surface area (Å²) in [5.74, 6) is 0.456. The van der Waals surface area contributed by atoms with Crippen LogP contribution in [0.4, 0.5) is 4.79 Å². The highest BCUT2D eigenvalue weighted by atomic mass is 16.6. The molecule has 0 radical (unpaired) electrons. The topological polar surface area (TPSA) is 50.4 Å². The fourth-order valence-electron chi connectivity index (χ4n) is 2.95. The maximum absolute atomic E-state index is 11.9. The maximum Gasteiger partial charge on any atom is 0.407 e. The van der Waals surface area contributed by atoms with Gasteiger partial charge in [0.2, 0.25) is 0 Å². The molecule has 1 fully saturated rings. The monoisotopic (exact) mass is 298 g/mol. The van der Waals surface area contributed by atoms with Crippen molar-refractivity contribution in [2.45, 2.75) is 78.9 Å². The normalized spacial score (nSPS) is 21.7. The van der Waals surface area contributed by atoms with Gasteiger partial charge in [-0.05, 0) is 57.9 Å². The molecule has 21 heavy (non-hydrogen) atoms. The SMILES string of the molecule is CC(C)(C)CC(CNC(=O)OC(C)(C)C)C1CCCCN1. The second-order valence-electron chi connectivity index (χ2n) is 8.46. The highest BCUT2D eigenvalue weighted by molar-refractivity contribution is 5.67. The maximum atomic E-state index is 11.9. The Kier molecular flexibility index (Phi) is 6.51. The molecule has 2 unspecified atom stereocenters. The lowest BCUT2D eigenvalue weighted by Gasteiger charge is -2.35. The molecule has 4 heteroatoms. The van der Waals surface area contributed by atoms with Crippen molar-refractivity contribution in [1.82, 2.24) is 10.6 Å². The lowest BCUT2D eigenvalue weighted by atomic mass is 9.79. The van der Waals surface area contributed by atoms with Gasteiger partial charge >= 0.3 is 6.09 Å². The lowest BCUT2D eigenvalue weighted by Crippen LogP contribution is -2.46. The van der Waals surface area contributed by atoms with Gasteiger partial charge in [0.1, 0.15) is 5.60 Å². The van der Waals surface area contributed by atoms with Crippen molar-refractivity contribution in [3.05, 3.63) is 0 Å². The summed E-state index contributed by atoms with van der Waals surface area (Å²) in [6.07, 6.45) is 4.54. The van der Waals surface area contributed by atoms with E-state index >= 15 is 0 Å². The van der Waals surface area contributed by atoms with Crippen LogP contribution in [0.5, 0.6) is 0 Å². The summed E-state index contributed by atoms with van der Waals surface area (Å²) in [5.41, 5.74) is -0.175. The zero-order chi connectivity index (χ0) is 16.1. The van der Waals surface area contributed by atoms with Crippen molar-refractivity contribution in [2.75, 3.05) is 13.1 Å². The second-order valence-corrected chi connectivity index (χ2v) is 8.46. The quantitative estimate of drug-likeness (QED) is 0.832. The molecule has 0 spiro atoms. The van der Waals surface area contributed by atoms with E-state index in [1.54, 1.807) is 0 Å². The Labute approximate surface area is 130 Å². The second kappa shape index (κ2) is 7.48. The third-order valence-corrected chi connectivity index (χ3v) is 3.70. The van der Waals surface area contributed by atoms with Crippen molar-refractivity contribution in [3.8, 4) is 0 Å². The van der Waals surface area contributed by atoms with Gasteiger partial charge in [0.05, 0.1) is 0 Å². The van der Waals surface area contributed by atoms with Crippen molar-refractivity contribution in [3.63, 3.8) is 0 Å². The van der Waals surface area contributed by atoms with Gasteiger partial charge < -0.3 is 15.4 Å². The van der Waals surface area contributed by atoms with Crippen LogP contribution in [0, 0.1) is 11.3 Å². The number of nitrogens with one attached hydrogen (secondary N) is 2. The van der Waals surface area contributed by atoms with E-state index in [0.29, 0.717) is 18.5 Å². The van der Waals surface area contributed by atoms with Crippen molar-refractivity contribution < 1.29 is 9.53 Å². The van der Waals surface area contributed by atoms with Gasteiger partial charge in [-0.25, -0.2) is 4.79 Å². The summed E-state index contributed by atoms with van der Waals surface area (Å²) in [5, 5.41) is 6.58. The van der Waals surface area contributed by atoms with Crippen molar-refractivity contribution in [1.29, 1.82) is 0 Å². The van der Waals surface area contributed by atoms with Crippen LogP contribution in [0.2, 0.25) is 0 Å². The molecule has 4 nitrogen and oxygen atoms in total. The standard InChI is InChI=1S/C17H34N2O2/c1-16(2,3)11-13(14-9-7-8-10-18-14)12-19-15(20)21-17(4,5)6/h13-14,18H,7-12H2,1-6H3,(H,19,20). The fourth-order valence-corrected chi connectivity index (χ4v) is 2.95. The molecule has 1 saturated heterocycles. The Morgan fingerprint density at radius 1 is 1.24 bits per heavy atom. The summed E-state index contributed by atoms with van der Waals surface area (Å²) in [7, 11) is 0. The van der Waals surface area contributed by atoms with E-state index in [1.165, 1.54) is 19.3 Å². The first-order valence-electron chi connectivity index (χ1n) is 8.27. The van der Waals surface area contributed by atoms with E-state index < -0.39 is 5.60 Å². The number of hydrogen-bond acceptors (Lipinski definition) is 3. The smallest absolute Gasteiger partial charge is 0.407 e. The molecular formula is C17H34N2O2. The first-order valence-corrected chi connectivity index (χ1v) is 8.27. The zero-order valence-corrected chi connectivity index (χ0v) is 14.7. The minimum absolute atomic E-state index is 0.263. The number of carbonyl (C=O) groups excluding carboxylic acids is 1. The van der Waals surface area contributed by atoms with Crippen molar-refractivity contribution in [2.24, 2.45) is 11.3 Å². The Balaban J connectivity index is 2.54. The van der Waals surface area contributed by atoms with Gasteiger partial charge in [-0.2, -0.15) is 0 Å². The van der Waals surface area contributed by atoms with Crippen LogP contribution >= 0.6 is 0 Å². The molecule has 2 N–H and O–H groups in total. The zero-order valence-electron chi connectivity index (χ0n) is 14.7. The molecule has 1 aliphatic rings. The van der Waals surface area contributed by atoms with E-state index in [9.17, 15) is 4.79 Å². The van der Waals surface area contributed by atoms with Gasteiger partial charge in [0, 0.05) is 12.6 Å². The van der Waals surface area contributed by atoms with Gasteiger partial charge in [-0.15, -0.1) is 0 Å². The van der Waals surface area contributed by atoms with Crippen LogP contribution < -0.4 is 10.6 Å². The average molecular weight is 298 g/mol. The van der Waals surface area contributed by atoms with Crippen LogP contribution in [0.15, 0.2) is 0 Å². The summed E-state index contributed by atoms with van der Waals surface area (Å²) < 4.78 is 5.34. The molecule has 1 rings (SSSR count). The van der Waals surface area contributed by atoms with E-state index in [-0.39, 0.29) is 11.5 Å².